The normalized spacial score (nSPS) is 17.1. The molecule has 0 radical (unpaired) electrons. The van der Waals surface area contributed by atoms with Crippen molar-refractivity contribution in [3.63, 3.8) is 0 Å². The Morgan fingerprint density at radius 1 is 1.30 bits per heavy atom. The number of amides is 1. The number of carbonyl (C=O) groups excluding carboxylic acids is 2. The summed E-state index contributed by atoms with van der Waals surface area (Å²) in [6, 6.07) is 11.2. The van der Waals surface area contributed by atoms with Gasteiger partial charge < -0.3 is 4.74 Å². The molecule has 1 aromatic carbocycles. The fourth-order valence-corrected chi connectivity index (χ4v) is 3.05. The van der Waals surface area contributed by atoms with Crippen LogP contribution in [0.25, 0.3) is 0 Å². The summed E-state index contributed by atoms with van der Waals surface area (Å²) in [4.78, 5) is 26.4. The summed E-state index contributed by atoms with van der Waals surface area (Å²) in [7, 11) is 0. The molecule has 102 valence electrons. The fraction of sp³-hybridized carbons (Fsp3) is 0.200. The lowest BCUT2D eigenvalue weighted by atomic mass is 10.1. The zero-order chi connectivity index (χ0) is 14.1. The third-order valence-electron chi connectivity index (χ3n) is 3.19. The van der Waals surface area contributed by atoms with Crippen LogP contribution in [-0.4, -0.2) is 16.8 Å². The maximum absolute atomic E-state index is 12.5. The molecule has 0 unspecified atom stereocenters. The van der Waals surface area contributed by atoms with E-state index in [4.69, 9.17) is 4.74 Å². The molecule has 0 saturated heterocycles. The van der Waals surface area contributed by atoms with Gasteiger partial charge in [-0.15, -0.1) is 11.3 Å². The highest BCUT2D eigenvalue weighted by atomic mass is 32.1. The Morgan fingerprint density at radius 3 is 2.80 bits per heavy atom. The first-order valence-electron chi connectivity index (χ1n) is 6.26. The van der Waals surface area contributed by atoms with Gasteiger partial charge in [0.1, 0.15) is 0 Å². The van der Waals surface area contributed by atoms with E-state index in [2.05, 4.69) is 0 Å². The Labute approximate surface area is 120 Å². The van der Waals surface area contributed by atoms with E-state index < -0.39 is 12.2 Å². The van der Waals surface area contributed by atoms with E-state index in [1.54, 1.807) is 22.3 Å². The highest BCUT2D eigenvalue weighted by Gasteiger charge is 2.38. The quantitative estimate of drug-likeness (QED) is 0.815. The predicted molar refractivity (Wildman–Crippen MR) is 75.1 cm³/mol. The van der Waals surface area contributed by atoms with Crippen LogP contribution in [-0.2, 0) is 16.1 Å². The number of thiophene rings is 1. The van der Waals surface area contributed by atoms with Crippen LogP contribution in [0, 0.1) is 0 Å². The van der Waals surface area contributed by atoms with Crippen molar-refractivity contribution in [1.29, 1.82) is 0 Å². The van der Waals surface area contributed by atoms with Gasteiger partial charge in [-0.25, -0.2) is 0 Å². The van der Waals surface area contributed by atoms with Gasteiger partial charge in [0.15, 0.2) is 0 Å². The molecule has 0 fully saturated rings. The third-order valence-corrected chi connectivity index (χ3v) is 4.05. The summed E-state index contributed by atoms with van der Waals surface area (Å²) in [6.07, 6.45) is -0.627. The zero-order valence-electron chi connectivity index (χ0n) is 10.9. The van der Waals surface area contributed by atoms with E-state index in [-0.39, 0.29) is 5.91 Å². The van der Waals surface area contributed by atoms with Crippen LogP contribution in [0.15, 0.2) is 41.8 Å². The molecule has 2 heterocycles. The van der Waals surface area contributed by atoms with Crippen molar-refractivity contribution in [2.24, 2.45) is 0 Å². The number of nitrogens with zero attached hydrogens (tertiary/aromatic N) is 1. The topological polar surface area (TPSA) is 46.6 Å². The van der Waals surface area contributed by atoms with Gasteiger partial charge in [0, 0.05) is 22.9 Å². The summed E-state index contributed by atoms with van der Waals surface area (Å²) in [5.74, 6) is -0.490. The molecular weight excluding hydrogens is 274 g/mol. The average Bonchev–Trinajstić information content (AvgIpc) is 3.02. The van der Waals surface area contributed by atoms with Crippen LogP contribution in [0.4, 0.5) is 0 Å². The maximum Gasteiger partial charge on any atom is 0.304 e. The molecule has 0 N–H and O–H groups in total. The van der Waals surface area contributed by atoms with Crippen molar-refractivity contribution in [3.8, 4) is 0 Å². The predicted octanol–water partition coefficient (Wildman–Crippen LogP) is 2.97. The second-order valence-corrected chi connectivity index (χ2v) is 5.59. The fourth-order valence-electron chi connectivity index (χ4n) is 2.35. The van der Waals surface area contributed by atoms with E-state index in [0.717, 1.165) is 10.4 Å². The molecule has 20 heavy (non-hydrogen) atoms. The number of ether oxygens (including phenoxy) is 1. The molecule has 1 atom stereocenters. The first-order valence-corrected chi connectivity index (χ1v) is 7.14. The van der Waals surface area contributed by atoms with Gasteiger partial charge in [-0.1, -0.05) is 24.3 Å². The number of carbonyl (C=O) groups is 2. The van der Waals surface area contributed by atoms with Crippen LogP contribution in [0.3, 0.4) is 0 Å². The second kappa shape index (κ2) is 5.09. The lowest BCUT2D eigenvalue weighted by Gasteiger charge is -2.24. The molecular formula is C15H13NO3S. The number of esters is 1. The molecule has 0 bridgehead atoms. The smallest absolute Gasteiger partial charge is 0.304 e. The van der Waals surface area contributed by atoms with Crippen molar-refractivity contribution in [3.05, 3.63) is 57.8 Å². The van der Waals surface area contributed by atoms with E-state index in [0.29, 0.717) is 12.1 Å². The number of rotatable bonds is 3. The van der Waals surface area contributed by atoms with Crippen molar-refractivity contribution < 1.29 is 14.3 Å². The highest BCUT2D eigenvalue weighted by Crippen LogP contribution is 2.36. The van der Waals surface area contributed by atoms with Crippen molar-refractivity contribution in [2.75, 3.05) is 0 Å². The van der Waals surface area contributed by atoms with Crippen molar-refractivity contribution in [2.45, 2.75) is 19.7 Å². The number of benzene rings is 1. The molecule has 1 aliphatic rings. The van der Waals surface area contributed by atoms with Gasteiger partial charge in [0.05, 0.1) is 6.54 Å². The van der Waals surface area contributed by atoms with E-state index in [1.165, 1.54) is 6.92 Å². The van der Waals surface area contributed by atoms with Gasteiger partial charge in [-0.3, -0.25) is 14.5 Å². The largest absolute Gasteiger partial charge is 0.437 e. The molecule has 0 spiro atoms. The summed E-state index contributed by atoms with van der Waals surface area (Å²) < 4.78 is 5.34. The minimum Gasteiger partial charge on any atom is -0.437 e. The lowest BCUT2D eigenvalue weighted by Crippen LogP contribution is -2.29. The minimum absolute atomic E-state index is 0.0970. The summed E-state index contributed by atoms with van der Waals surface area (Å²) in [6.45, 7) is 1.80. The summed E-state index contributed by atoms with van der Waals surface area (Å²) >= 11 is 1.58. The monoisotopic (exact) mass is 287 g/mol. The molecule has 1 amide bonds. The average molecular weight is 287 g/mol. The van der Waals surface area contributed by atoms with E-state index in [1.807, 2.05) is 35.7 Å². The van der Waals surface area contributed by atoms with Crippen LogP contribution < -0.4 is 0 Å². The van der Waals surface area contributed by atoms with Gasteiger partial charge in [-0.05, 0) is 17.5 Å². The second-order valence-electron chi connectivity index (χ2n) is 4.56. The SMILES string of the molecule is CC(=O)O[C@H]1c2ccccc2C(=O)N1Cc1cccs1. The Kier molecular flexibility index (Phi) is 3.28. The molecule has 1 aliphatic heterocycles. The molecule has 0 saturated carbocycles. The Balaban J connectivity index is 1.96. The standard InChI is InChI=1S/C15H13NO3S/c1-10(17)19-15-13-7-3-2-6-12(13)14(18)16(15)9-11-5-4-8-20-11/h2-8,15H,9H2,1H3/t15-/m0/s1. The van der Waals surface area contributed by atoms with Crippen LogP contribution in [0.1, 0.15) is 34.0 Å². The van der Waals surface area contributed by atoms with Crippen LogP contribution in [0.5, 0.6) is 0 Å². The van der Waals surface area contributed by atoms with Crippen molar-refractivity contribution >= 4 is 23.2 Å². The lowest BCUT2D eigenvalue weighted by molar-refractivity contribution is -0.154. The Bertz CT molecular complexity index is 651. The summed E-state index contributed by atoms with van der Waals surface area (Å²) in [5.41, 5.74) is 1.36. The highest BCUT2D eigenvalue weighted by molar-refractivity contribution is 7.09. The molecule has 5 heteroatoms. The minimum atomic E-state index is -0.627. The first kappa shape index (κ1) is 12.9. The number of hydrogen-bond acceptors (Lipinski definition) is 4. The van der Waals surface area contributed by atoms with Crippen LogP contribution in [0.2, 0.25) is 0 Å². The zero-order valence-corrected chi connectivity index (χ0v) is 11.7. The maximum atomic E-state index is 12.5. The van der Waals surface area contributed by atoms with Gasteiger partial charge >= 0.3 is 5.97 Å². The van der Waals surface area contributed by atoms with E-state index >= 15 is 0 Å². The summed E-state index contributed by atoms with van der Waals surface area (Å²) in [5, 5.41) is 1.96. The van der Waals surface area contributed by atoms with Gasteiger partial charge in [0.25, 0.3) is 5.91 Å². The third kappa shape index (κ3) is 2.20. The number of hydrogen-bond donors (Lipinski definition) is 0. The van der Waals surface area contributed by atoms with Gasteiger partial charge in [0.2, 0.25) is 6.23 Å². The molecule has 1 aromatic heterocycles. The van der Waals surface area contributed by atoms with Gasteiger partial charge in [-0.2, -0.15) is 0 Å². The Hall–Kier alpha value is -2.14. The van der Waals surface area contributed by atoms with E-state index in [9.17, 15) is 9.59 Å². The molecule has 2 aromatic rings. The number of fused-ring (bicyclic) bond motifs is 1. The molecule has 0 aliphatic carbocycles. The van der Waals surface area contributed by atoms with Crippen molar-refractivity contribution in [1.82, 2.24) is 4.90 Å². The first-order chi connectivity index (χ1) is 9.66. The molecule has 3 rings (SSSR count). The van der Waals surface area contributed by atoms with Crippen LogP contribution >= 0.6 is 11.3 Å². The molecule has 4 nitrogen and oxygen atoms in total. The Morgan fingerprint density at radius 2 is 2.10 bits per heavy atom.